The number of aromatic amines is 1. The van der Waals surface area contributed by atoms with Crippen LogP contribution in [0, 0.1) is 16.0 Å². The van der Waals surface area contributed by atoms with Crippen molar-refractivity contribution in [1.82, 2.24) is 15.3 Å². The molecule has 2 aromatic rings. The Morgan fingerprint density at radius 1 is 1.24 bits per heavy atom. The maximum atomic E-state index is 10.7. The molecule has 0 unspecified atom stereocenters. The number of H-pyrrole nitrogens is 1. The zero-order valence-corrected chi connectivity index (χ0v) is 11.7. The molecule has 1 saturated heterocycles. The van der Waals surface area contributed by atoms with Crippen LogP contribution in [0.2, 0.25) is 0 Å². The van der Waals surface area contributed by atoms with Crippen LogP contribution in [-0.4, -0.2) is 28.0 Å². The third-order valence-electron chi connectivity index (χ3n) is 3.96. The number of benzene rings is 1. The van der Waals surface area contributed by atoms with Gasteiger partial charge < -0.3 is 10.3 Å². The Morgan fingerprint density at radius 2 is 1.95 bits per heavy atom. The molecule has 0 aliphatic carbocycles. The number of rotatable bonds is 4. The molecule has 1 aromatic heterocycles. The van der Waals surface area contributed by atoms with Crippen molar-refractivity contribution in [2.75, 3.05) is 13.1 Å². The van der Waals surface area contributed by atoms with E-state index in [-0.39, 0.29) is 10.6 Å². The number of piperidine rings is 1. The van der Waals surface area contributed by atoms with Crippen LogP contribution >= 0.6 is 0 Å². The molecule has 1 aromatic carbocycles. The SMILES string of the molecule is O=[N+]([O-])c1ccc(-c2cnc(CC3CCNCC3)[nH]2)cc1. The quantitative estimate of drug-likeness (QED) is 0.668. The van der Waals surface area contributed by atoms with Gasteiger partial charge in [0.05, 0.1) is 16.8 Å². The normalized spacial score (nSPS) is 16.0. The second-order valence-electron chi connectivity index (χ2n) is 5.45. The molecule has 6 heteroatoms. The van der Waals surface area contributed by atoms with E-state index in [0.29, 0.717) is 5.92 Å². The van der Waals surface area contributed by atoms with Crippen LogP contribution in [0.15, 0.2) is 30.5 Å². The van der Waals surface area contributed by atoms with Gasteiger partial charge in [0.15, 0.2) is 0 Å². The van der Waals surface area contributed by atoms with E-state index in [1.807, 2.05) is 0 Å². The first kappa shape index (κ1) is 13.8. The number of nitro groups is 1. The summed E-state index contributed by atoms with van der Waals surface area (Å²) in [7, 11) is 0. The maximum absolute atomic E-state index is 10.7. The third kappa shape index (κ3) is 3.28. The van der Waals surface area contributed by atoms with Gasteiger partial charge in [-0.1, -0.05) is 0 Å². The van der Waals surface area contributed by atoms with Gasteiger partial charge in [-0.25, -0.2) is 4.98 Å². The highest BCUT2D eigenvalue weighted by atomic mass is 16.6. The summed E-state index contributed by atoms with van der Waals surface area (Å²) >= 11 is 0. The van der Waals surface area contributed by atoms with E-state index in [9.17, 15) is 10.1 Å². The van der Waals surface area contributed by atoms with Gasteiger partial charge in [0.1, 0.15) is 5.82 Å². The van der Waals surface area contributed by atoms with E-state index in [4.69, 9.17) is 0 Å². The summed E-state index contributed by atoms with van der Waals surface area (Å²) < 4.78 is 0. The Balaban J connectivity index is 1.70. The van der Waals surface area contributed by atoms with Crippen molar-refractivity contribution >= 4 is 5.69 Å². The molecule has 1 aliphatic heterocycles. The Bertz CT molecular complexity index is 615. The van der Waals surface area contributed by atoms with Crippen molar-refractivity contribution in [3.05, 3.63) is 46.4 Å². The second-order valence-corrected chi connectivity index (χ2v) is 5.45. The lowest BCUT2D eigenvalue weighted by molar-refractivity contribution is -0.384. The number of nitrogens with zero attached hydrogens (tertiary/aromatic N) is 2. The Kier molecular flexibility index (Phi) is 3.96. The van der Waals surface area contributed by atoms with E-state index >= 15 is 0 Å². The van der Waals surface area contributed by atoms with Crippen LogP contribution in [0.3, 0.4) is 0 Å². The number of nitro benzene ring substituents is 1. The van der Waals surface area contributed by atoms with Gasteiger partial charge in [0.25, 0.3) is 5.69 Å². The molecule has 1 aliphatic rings. The van der Waals surface area contributed by atoms with Crippen LogP contribution < -0.4 is 5.32 Å². The summed E-state index contributed by atoms with van der Waals surface area (Å²) in [5.74, 6) is 1.68. The van der Waals surface area contributed by atoms with E-state index in [2.05, 4.69) is 15.3 Å². The minimum atomic E-state index is -0.390. The number of aromatic nitrogens is 2. The summed E-state index contributed by atoms with van der Waals surface area (Å²) in [6, 6.07) is 6.53. The van der Waals surface area contributed by atoms with E-state index in [0.717, 1.165) is 36.6 Å². The van der Waals surface area contributed by atoms with Gasteiger partial charge >= 0.3 is 0 Å². The van der Waals surface area contributed by atoms with Crippen LogP contribution in [0.1, 0.15) is 18.7 Å². The molecule has 2 N–H and O–H groups in total. The highest BCUT2D eigenvalue weighted by molar-refractivity contribution is 5.60. The van der Waals surface area contributed by atoms with Gasteiger partial charge in [-0.15, -0.1) is 0 Å². The second kappa shape index (κ2) is 6.05. The Labute approximate surface area is 122 Å². The number of hydrogen-bond acceptors (Lipinski definition) is 4. The van der Waals surface area contributed by atoms with Crippen molar-refractivity contribution in [3.8, 4) is 11.3 Å². The fraction of sp³-hybridized carbons (Fsp3) is 0.400. The van der Waals surface area contributed by atoms with Crippen molar-refractivity contribution in [2.24, 2.45) is 5.92 Å². The number of hydrogen-bond donors (Lipinski definition) is 2. The number of nitrogens with one attached hydrogen (secondary N) is 2. The van der Waals surface area contributed by atoms with Crippen molar-refractivity contribution < 1.29 is 4.92 Å². The standard InChI is InChI=1S/C15H18N4O2/c20-19(21)13-3-1-12(2-4-13)14-10-17-15(18-14)9-11-5-7-16-8-6-11/h1-4,10-11,16H,5-9H2,(H,17,18). The monoisotopic (exact) mass is 286 g/mol. The van der Waals surface area contributed by atoms with Crippen molar-refractivity contribution in [3.63, 3.8) is 0 Å². The summed E-state index contributed by atoms with van der Waals surface area (Å²) in [5, 5.41) is 14.0. The molecule has 0 saturated carbocycles. The van der Waals surface area contributed by atoms with Crippen LogP contribution in [0.4, 0.5) is 5.69 Å². The maximum Gasteiger partial charge on any atom is 0.269 e. The molecule has 0 spiro atoms. The van der Waals surface area contributed by atoms with Crippen molar-refractivity contribution in [2.45, 2.75) is 19.3 Å². The lowest BCUT2D eigenvalue weighted by Crippen LogP contribution is -2.28. The first-order valence-electron chi connectivity index (χ1n) is 7.22. The summed E-state index contributed by atoms with van der Waals surface area (Å²) in [6.45, 7) is 2.17. The van der Waals surface area contributed by atoms with Gasteiger partial charge in [-0.2, -0.15) is 0 Å². The van der Waals surface area contributed by atoms with Crippen LogP contribution in [-0.2, 0) is 6.42 Å². The molecule has 0 radical (unpaired) electrons. The zero-order valence-electron chi connectivity index (χ0n) is 11.7. The highest BCUT2D eigenvalue weighted by Crippen LogP contribution is 2.22. The Morgan fingerprint density at radius 3 is 2.62 bits per heavy atom. The largest absolute Gasteiger partial charge is 0.342 e. The minimum absolute atomic E-state index is 0.105. The third-order valence-corrected chi connectivity index (χ3v) is 3.96. The Hall–Kier alpha value is -2.21. The van der Waals surface area contributed by atoms with Gasteiger partial charge in [-0.3, -0.25) is 10.1 Å². The van der Waals surface area contributed by atoms with E-state index < -0.39 is 0 Å². The summed E-state index contributed by atoms with van der Waals surface area (Å²) in [4.78, 5) is 18.0. The average molecular weight is 286 g/mol. The number of imidazole rings is 1. The molecular formula is C15H18N4O2. The minimum Gasteiger partial charge on any atom is -0.342 e. The fourth-order valence-corrected chi connectivity index (χ4v) is 2.73. The number of non-ortho nitro benzene ring substituents is 1. The molecule has 0 bridgehead atoms. The molecule has 3 rings (SSSR count). The predicted octanol–water partition coefficient (Wildman–Crippen LogP) is 2.53. The molecule has 0 amide bonds. The van der Waals surface area contributed by atoms with E-state index in [1.54, 1.807) is 18.3 Å². The van der Waals surface area contributed by atoms with Crippen LogP contribution in [0.25, 0.3) is 11.3 Å². The predicted molar refractivity (Wildman–Crippen MR) is 80.0 cm³/mol. The highest BCUT2D eigenvalue weighted by Gasteiger charge is 2.15. The zero-order chi connectivity index (χ0) is 14.7. The molecule has 0 atom stereocenters. The summed E-state index contributed by atoms with van der Waals surface area (Å²) in [5.41, 5.74) is 1.94. The molecule has 1 fully saturated rings. The average Bonchev–Trinajstić information content (AvgIpc) is 2.97. The molecule has 21 heavy (non-hydrogen) atoms. The summed E-state index contributed by atoms with van der Waals surface area (Å²) in [6.07, 6.45) is 5.15. The van der Waals surface area contributed by atoms with Gasteiger partial charge in [-0.05, 0) is 44.0 Å². The lowest BCUT2D eigenvalue weighted by atomic mass is 9.94. The molecular weight excluding hydrogens is 268 g/mol. The van der Waals surface area contributed by atoms with Crippen LogP contribution in [0.5, 0.6) is 0 Å². The van der Waals surface area contributed by atoms with Gasteiger partial charge in [0.2, 0.25) is 0 Å². The topological polar surface area (TPSA) is 83.8 Å². The lowest BCUT2D eigenvalue weighted by Gasteiger charge is -2.21. The van der Waals surface area contributed by atoms with Crippen molar-refractivity contribution in [1.29, 1.82) is 0 Å². The molecule has 6 nitrogen and oxygen atoms in total. The van der Waals surface area contributed by atoms with E-state index in [1.165, 1.54) is 25.0 Å². The molecule has 110 valence electrons. The smallest absolute Gasteiger partial charge is 0.269 e. The van der Waals surface area contributed by atoms with Gasteiger partial charge in [0, 0.05) is 24.1 Å². The first-order chi connectivity index (χ1) is 10.2. The fourth-order valence-electron chi connectivity index (χ4n) is 2.73. The molecule has 2 heterocycles. The first-order valence-corrected chi connectivity index (χ1v) is 7.22.